The fourth-order valence-electron chi connectivity index (χ4n) is 2.92. The van der Waals surface area contributed by atoms with Crippen LogP contribution in [0, 0.1) is 5.92 Å². The van der Waals surface area contributed by atoms with Crippen LogP contribution in [0.1, 0.15) is 36.7 Å². The highest BCUT2D eigenvalue weighted by molar-refractivity contribution is 6.07. The van der Waals surface area contributed by atoms with Gasteiger partial charge in [-0.2, -0.15) is 5.10 Å². The Morgan fingerprint density at radius 2 is 2.12 bits per heavy atom. The predicted molar refractivity (Wildman–Crippen MR) is 93.6 cm³/mol. The molecule has 1 heterocycles. The van der Waals surface area contributed by atoms with Crippen molar-refractivity contribution >= 4 is 16.8 Å². The topological polar surface area (TPSA) is 96.6 Å². The summed E-state index contributed by atoms with van der Waals surface area (Å²) in [6, 6.07) is 5.54. The number of carbonyl (C=O) groups excluding carboxylic acids is 1. The SMILES string of the molecule is Cn1nc2cccc(OCC3CCC3)c2c1C(=O)NC(C)(CO)CO. The Balaban J connectivity index is 1.93. The van der Waals surface area contributed by atoms with Crippen LogP contribution in [0.5, 0.6) is 5.75 Å². The second-order valence-electron chi connectivity index (χ2n) is 7.06. The average molecular weight is 347 g/mol. The zero-order valence-corrected chi connectivity index (χ0v) is 14.7. The molecule has 3 rings (SSSR count). The van der Waals surface area contributed by atoms with Crippen LogP contribution >= 0.6 is 0 Å². The summed E-state index contributed by atoms with van der Waals surface area (Å²) in [6.45, 7) is 1.49. The zero-order chi connectivity index (χ0) is 18.0. The second-order valence-corrected chi connectivity index (χ2v) is 7.06. The first-order valence-electron chi connectivity index (χ1n) is 8.60. The molecular formula is C18H25N3O4. The van der Waals surface area contributed by atoms with E-state index >= 15 is 0 Å². The van der Waals surface area contributed by atoms with Gasteiger partial charge in [0.2, 0.25) is 0 Å². The van der Waals surface area contributed by atoms with E-state index in [4.69, 9.17) is 4.74 Å². The minimum Gasteiger partial charge on any atom is -0.493 e. The van der Waals surface area contributed by atoms with E-state index in [2.05, 4.69) is 10.4 Å². The Bertz CT molecular complexity index is 763. The smallest absolute Gasteiger partial charge is 0.270 e. The summed E-state index contributed by atoms with van der Waals surface area (Å²) in [4.78, 5) is 12.8. The lowest BCUT2D eigenvalue weighted by Crippen LogP contribution is -2.52. The maximum Gasteiger partial charge on any atom is 0.270 e. The number of aliphatic hydroxyl groups excluding tert-OH is 2. The van der Waals surface area contributed by atoms with Crippen molar-refractivity contribution in [3.05, 3.63) is 23.9 Å². The fraction of sp³-hybridized carbons (Fsp3) is 0.556. The summed E-state index contributed by atoms with van der Waals surface area (Å²) in [6.07, 6.45) is 3.61. The van der Waals surface area contributed by atoms with Crippen molar-refractivity contribution in [2.24, 2.45) is 13.0 Å². The van der Waals surface area contributed by atoms with Crippen molar-refractivity contribution in [3.8, 4) is 5.75 Å². The largest absolute Gasteiger partial charge is 0.493 e. The summed E-state index contributed by atoms with van der Waals surface area (Å²) in [5.41, 5.74) is -0.0733. The number of amides is 1. The van der Waals surface area contributed by atoms with E-state index in [1.54, 1.807) is 14.0 Å². The molecule has 0 radical (unpaired) electrons. The van der Waals surface area contributed by atoms with Crippen molar-refractivity contribution in [1.29, 1.82) is 0 Å². The standard InChI is InChI=1S/C18H25N3O4/c1-18(10-22,11-23)19-17(24)16-15-13(20-21(16)2)7-4-8-14(15)25-9-12-5-3-6-12/h4,7-8,12,22-23H,3,5-6,9-11H2,1-2H3,(H,19,24). The molecule has 1 amide bonds. The number of benzene rings is 1. The summed E-state index contributed by atoms with van der Waals surface area (Å²) in [5.74, 6) is 0.809. The van der Waals surface area contributed by atoms with E-state index in [1.807, 2.05) is 18.2 Å². The molecule has 1 fully saturated rings. The molecule has 7 nitrogen and oxygen atoms in total. The number of rotatable bonds is 7. The Morgan fingerprint density at radius 3 is 2.72 bits per heavy atom. The van der Waals surface area contributed by atoms with Crippen molar-refractivity contribution < 1.29 is 19.7 Å². The number of aliphatic hydroxyl groups is 2. The Hall–Kier alpha value is -2.12. The predicted octanol–water partition coefficient (Wildman–Crippen LogP) is 1.23. The quantitative estimate of drug-likeness (QED) is 0.700. The van der Waals surface area contributed by atoms with Gasteiger partial charge in [0, 0.05) is 7.05 Å². The molecular weight excluding hydrogens is 322 g/mol. The van der Waals surface area contributed by atoms with E-state index in [9.17, 15) is 15.0 Å². The van der Waals surface area contributed by atoms with Gasteiger partial charge in [-0.1, -0.05) is 12.5 Å². The highest BCUT2D eigenvalue weighted by atomic mass is 16.5. The zero-order valence-electron chi connectivity index (χ0n) is 14.7. The van der Waals surface area contributed by atoms with Crippen molar-refractivity contribution in [1.82, 2.24) is 15.1 Å². The number of nitrogens with zero attached hydrogens (tertiary/aromatic N) is 2. The summed E-state index contributed by atoms with van der Waals surface area (Å²) in [5, 5.41) is 26.6. The molecule has 0 bridgehead atoms. The van der Waals surface area contributed by atoms with Crippen molar-refractivity contribution in [2.45, 2.75) is 31.7 Å². The molecule has 0 unspecified atom stereocenters. The molecule has 0 saturated heterocycles. The van der Waals surface area contributed by atoms with Crippen LogP contribution < -0.4 is 10.1 Å². The fourth-order valence-corrected chi connectivity index (χ4v) is 2.92. The third kappa shape index (κ3) is 3.48. The van der Waals surface area contributed by atoms with Crippen LogP contribution in [0.15, 0.2) is 18.2 Å². The molecule has 1 aromatic heterocycles. The second kappa shape index (κ2) is 7.01. The molecule has 3 N–H and O–H groups in total. The van der Waals surface area contributed by atoms with Gasteiger partial charge in [0.25, 0.3) is 5.91 Å². The average Bonchev–Trinajstić information content (AvgIpc) is 2.90. The van der Waals surface area contributed by atoms with Gasteiger partial charge in [-0.3, -0.25) is 9.48 Å². The lowest BCUT2D eigenvalue weighted by molar-refractivity contribution is 0.0717. The number of nitrogens with one attached hydrogen (secondary N) is 1. The molecule has 0 atom stereocenters. The van der Waals surface area contributed by atoms with Gasteiger partial charge >= 0.3 is 0 Å². The van der Waals surface area contributed by atoms with E-state index in [0.29, 0.717) is 34.9 Å². The number of ether oxygens (including phenoxy) is 1. The molecule has 2 aromatic rings. The third-order valence-corrected chi connectivity index (χ3v) is 4.85. The molecule has 136 valence electrons. The van der Waals surface area contributed by atoms with E-state index in [0.717, 1.165) is 0 Å². The monoisotopic (exact) mass is 347 g/mol. The number of hydrogen-bond acceptors (Lipinski definition) is 5. The van der Waals surface area contributed by atoms with Crippen molar-refractivity contribution in [2.75, 3.05) is 19.8 Å². The Labute approximate surface area is 146 Å². The Morgan fingerprint density at radius 1 is 1.40 bits per heavy atom. The molecule has 1 aliphatic carbocycles. The van der Waals surface area contributed by atoms with Gasteiger partial charge in [-0.25, -0.2) is 0 Å². The molecule has 0 spiro atoms. The number of carbonyl (C=O) groups is 1. The van der Waals surface area contributed by atoms with Crippen LogP contribution in [0.2, 0.25) is 0 Å². The highest BCUT2D eigenvalue weighted by Crippen LogP contribution is 2.32. The van der Waals surface area contributed by atoms with Crippen LogP contribution in [-0.2, 0) is 7.05 Å². The van der Waals surface area contributed by atoms with Crippen LogP contribution in [0.4, 0.5) is 0 Å². The molecule has 0 aliphatic heterocycles. The van der Waals surface area contributed by atoms with Crippen LogP contribution in [-0.4, -0.2) is 51.3 Å². The highest BCUT2D eigenvalue weighted by Gasteiger charge is 2.29. The van der Waals surface area contributed by atoms with E-state index in [1.165, 1.54) is 23.9 Å². The maximum atomic E-state index is 12.8. The summed E-state index contributed by atoms with van der Waals surface area (Å²) >= 11 is 0. The van der Waals surface area contributed by atoms with E-state index in [-0.39, 0.29) is 13.2 Å². The minimum atomic E-state index is -1.10. The van der Waals surface area contributed by atoms with E-state index < -0.39 is 11.4 Å². The minimum absolute atomic E-state index is 0.354. The number of aryl methyl sites for hydroxylation is 1. The van der Waals surface area contributed by atoms with Gasteiger partial charge < -0.3 is 20.3 Å². The number of hydrogen-bond donors (Lipinski definition) is 3. The summed E-state index contributed by atoms with van der Waals surface area (Å²) < 4.78 is 7.48. The first-order valence-corrected chi connectivity index (χ1v) is 8.60. The normalized spacial score (nSPS) is 15.2. The molecule has 1 aromatic carbocycles. The molecule has 25 heavy (non-hydrogen) atoms. The van der Waals surface area contributed by atoms with Gasteiger partial charge in [-0.15, -0.1) is 0 Å². The molecule has 7 heteroatoms. The van der Waals surface area contributed by atoms with Crippen molar-refractivity contribution in [3.63, 3.8) is 0 Å². The first-order chi connectivity index (χ1) is 12.0. The first kappa shape index (κ1) is 17.7. The van der Waals surface area contributed by atoms with Gasteiger partial charge in [0.1, 0.15) is 11.4 Å². The number of fused-ring (bicyclic) bond motifs is 1. The lowest BCUT2D eigenvalue weighted by atomic mass is 9.86. The van der Waals surface area contributed by atoms with Gasteiger partial charge in [0.15, 0.2) is 0 Å². The summed E-state index contributed by atoms with van der Waals surface area (Å²) in [7, 11) is 1.69. The van der Waals surface area contributed by atoms with Gasteiger partial charge in [-0.05, 0) is 37.8 Å². The maximum absolute atomic E-state index is 12.8. The number of aromatic nitrogens is 2. The van der Waals surface area contributed by atoms with Crippen LogP contribution in [0.25, 0.3) is 10.9 Å². The Kier molecular flexibility index (Phi) is 4.96. The third-order valence-electron chi connectivity index (χ3n) is 4.85. The van der Waals surface area contributed by atoms with Crippen LogP contribution in [0.3, 0.4) is 0 Å². The molecule has 1 aliphatic rings. The van der Waals surface area contributed by atoms with Gasteiger partial charge in [0.05, 0.1) is 36.3 Å². The lowest BCUT2D eigenvalue weighted by Gasteiger charge is -2.26. The molecule has 1 saturated carbocycles.